The van der Waals surface area contributed by atoms with Gasteiger partial charge in [0.25, 0.3) is 0 Å². The van der Waals surface area contributed by atoms with Crippen LogP contribution in [0.5, 0.6) is 0 Å². The summed E-state index contributed by atoms with van der Waals surface area (Å²) in [6.07, 6.45) is 0.299. The second-order valence-corrected chi connectivity index (χ2v) is 6.10. The first kappa shape index (κ1) is 16.0. The van der Waals surface area contributed by atoms with Crippen LogP contribution in [-0.4, -0.2) is 28.6 Å². The van der Waals surface area contributed by atoms with Crippen LogP contribution in [0.2, 0.25) is 0 Å². The quantitative estimate of drug-likeness (QED) is 0.877. The van der Waals surface area contributed by atoms with E-state index in [1.807, 2.05) is 6.26 Å². The number of nitrogens with one attached hydrogen (secondary N) is 1. The Bertz CT molecular complexity index is 533. The summed E-state index contributed by atoms with van der Waals surface area (Å²) in [4.78, 5) is 10.9. The summed E-state index contributed by atoms with van der Waals surface area (Å²) in [6, 6.07) is 3.42. The van der Waals surface area contributed by atoms with E-state index in [-0.39, 0.29) is 6.04 Å². The standard InChI is InChI=1S/C14H16F3NO2S/c1-21-12-4-2-3-11(12)18-8-5-6-9(13(19)20)10(7-8)14(15,16)17/h5-7,11-12,18H,2-4H2,1H3,(H,19,20). The van der Waals surface area contributed by atoms with Crippen molar-refractivity contribution < 1.29 is 23.1 Å². The third kappa shape index (κ3) is 3.64. The van der Waals surface area contributed by atoms with Crippen molar-refractivity contribution in [2.75, 3.05) is 11.6 Å². The number of carboxylic acids is 1. The molecule has 1 aromatic carbocycles. The largest absolute Gasteiger partial charge is 0.478 e. The first-order valence-electron chi connectivity index (χ1n) is 6.57. The molecule has 2 unspecified atom stereocenters. The van der Waals surface area contributed by atoms with E-state index < -0.39 is 23.3 Å². The molecule has 0 spiro atoms. The molecule has 2 rings (SSSR count). The predicted molar refractivity (Wildman–Crippen MR) is 77.0 cm³/mol. The summed E-state index contributed by atoms with van der Waals surface area (Å²) in [5, 5.41) is 12.3. The molecule has 2 atom stereocenters. The van der Waals surface area contributed by atoms with Gasteiger partial charge in [-0.3, -0.25) is 0 Å². The second-order valence-electron chi connectivity index (χ2n) is 5.02. The van der Waals surface area contributed by atoms with Crippen molar-refractivity contribution >= 4 is 23.4 Å². The Morgan fingerprint density at radius 3 is 2.67 bits per heavy atom. The summed E-state index contributed by atoms with van der Waals surface area (Å²) in [5.41, 5.74) is -1.52. The van der Waals surface area contributed by atoms with Gasteiger partial charge in [-0.15, -0.1) is 0 Å². The first-order valence-corrected chi connectivity index (χ1v) is 7.85. The Balaban J connectivity index is 2.27. The topological polar surface area (TPSA) is 49.3 Å². The van der Waals surface area contributed by atoms with E-state index in [1.54, 1.807) is 11.8 Å². The molecule has 21 heavy (non-hydrogen) atoms. The highest BCUT2D eigenvalue weighted by Crippen LogP contribution is 2.35. The predicted octanol–water partition coefficient (Wildman–Crippen LogP) is 4.10. The van der Waals surface area contributed by atoms with Gasteiger partial charge in [-0.1, -0.05) is 6.42 Å². The van der Waals surface area contributed by atoms with Crippen LogP contribution in [0.25, 0.3) is 0 Å². The minimum atomic E-state index is -4.68. The Morgan fingerprint density at radius 1 is 1.38 bits per heavy atom. The van der Waals surface area contributed by atoms with E-state index in [9.17, 15) is 18.0 Å². The Labute approximate surface area is 124 Å². The number of anilines is 1. The summed E-state index contributed by atoms with van der Waals surface area (Å²) in [6.45, 7) is 0. The van der Waals surface area contributed by atoms with Gasteiger partial charge in [-0.25, -0.2) is 4.79 Å². The molecule has 0 saturated heterocycles. The molecule has 0 aromatic heterocycles. The van der Waals surface area contributed by atoms with Gasteiger partial charge in [0, 0.05) is 17.0 Å². The summed E-state index contributed by atoms with van der Waals surface area (Å²) in [5.74, 6) is -1.57. The average Bonchev–Trinajstić information content (AvgIpc) is 2.84. The maximum atomic E-state index is 12.9. The molecule has 0 bridgehead atoms. The van der Waals surface area contributed by atoms with E-state index >= 15 is 0 Å². The Morgan fingerprint density at radius 2 is 2.10 bits per heavy atom. The van der Waals surface area contributed by atoms with E-state index in [1.165, 1.54) is 6.07 Å². The first-order chi connectivity index (χ1) is 9.82. The molecule has 1 fully saturated rings. The van der Waals surface area contributed by atoms with Crippen molar-refractivity contribution in [1.29, 1.82) is 0 Å². The molecule has 1 aliphatic carbocycles. The van der Waals surface area contributed by atoms with Crippen molar-refractivity contribution in [3.63, 3.8) is 0 Å². The average molecular weight is 319 g/mol. The Hall–Kier alpha value is -1.37. The van der Waals surface area contributed by atoms with Crippen LogP contribution in [-0.2, 0) is 6.18 Å². The smallest absolute Gasteiger partial charge is 0.417 e. The minimum absolute atomic E-state index is 0.122. The minimum Gasteiger partial charge on any atom is -0.478 e. The van der Waals surface area contributed by atoms with Gasteiger partial charge >= 0.3 is 12.1 Å². The fourth-order valence-electron chi connectivity index (χ4n) is 2.64. The number of benzene rings is 1. The molecular weight excluding hydrogens is 303 g/mol. The molecule has 0 aliphatic heterocycles. The fraction of sp³-hybridized carbons (Fsp3) is 0.500. The highest BCUT2D eigenvalue weighted by Gasteiger charge is 2.36. The summed E-state index contributed by atoms with van der Waals surface area (Å²) < 4.78 is 38.8. The van der Waals surface area contributed by atoms with Gasteiger partial charge < -0.3 is 10.4 Å². The highest BCUT2D eigenvalue weighted by molar-refractivity contribution is 7.99. The molecule has 3 nitrogen and oxygen atoms in total. The number of rotatable bonds is 4. The maximum Gasteiger partial charge on any atom is 0.417 e. The SMILES string of the molecule is CSC1CCCC1Nc1ccc(C(=O)O)c(C(F)(F)F)c1. The lowest BCUT2D eigenvalue weighted by Gasteiger charge is -2.21. The zero-order valence-corrected chi connectivity index (χ0v) is 12.2. The van der Waals surface area contributed by atoms with Gasteiger partial charge in [-0.05, 0) is 37.3 Å². The number of carbonyl (C=O) groups is 1. The van der Waals surface area contributed by atoms with Crippen molar-refractivity contribution in [2.24, 2.45) is 0 Å². The number of alkyl halides is 3. The molecule has 1 aliphatic rings. The van der Waals surface area contributed by atoms with Crippen LogP contribution < -0.4 is 5.32 Å². The van der Waals surface area contributed by atoms with Crippen molar-refractivity contribution in [3.05, 3.63) is 29.3 Å². The molecule has 7 heteroatoms. The van der Waals surface area contributed by atoms with Crippen LogP contribution in [0.15, 0.2) is 18.2 Å². The summed E-state index contributed by atoms with van der Waals surface area (Å²) >= 11 is 1.70. The molecule has 0 amide bonds. The van der Waals surface area contributed by atoms with E-state index in [4.69, 9.17) is 5.11 Å². The van der Waals surface area contributed by atoms with E-state index in [0.29, 0.717) is 10.9 Å². The highest BCUT2D eigenvalue weighted by atomic mass is 32.2. The van der Waals surface area contributed by atoms with Crippen molar-refractivity contribution in [2.45, 2.75) is 36.7 Å². The van der Waals surface area contributed by atoms with Crippen LogP contribution in [0.1, 0.15) is 35.2 Å². The van der Waals surface area contributed by atoms with Gasteiger partial charge in [0.2, 0.25) is 0 Å². The number of aromatic carboxylic acids is 1. The lowest BCUT2D eigenvalue weighted by atomic mass is 10.1. The van der Waals surface area contributed by atoms with Crippen molar-refractivity contribution in [1.82, 2.24) is 0 Å². The lowest BCUT2D eigenvalue weighted by molar-refractivity contribution is -0.138. The van der Waals surface area contributed by atoms with Crippen LogP contribution in [0.4, 0.5) is 18.9 Å². The third-order valence-electron chi connectivity index (χ3n) is 3.66. The van der Waals surface area contributed by atoms with Gasteiger partial charge in [0.05, 0.1) is 11.1 Å². The zero-order chi connectivity index (χ0) is 15.6. The molecule has 0 heterocycles. The number of halogens is 3. The van der Waals surface area contributed by atoms with Gasteiger partial charge in [0.1, 0.15) is 0 Å². The maximum absolute atomic E-state index is 12.9. The van der Waals surface area contributed by atoms with Crippen LogP contribution in [0, 0.1) is 0 Å². The number of carboxylic acid groups (broad SMARTS) is 1. The summed E-state index contributed by atoms with van der Waals surface area (Å²) in [7, 11) is 0. The lowest BCUT2D eigenvalue weighted by Crippen LogP contribution is -2.26. The van der Waals surface area contributed by atoms with E-state index in [2.05, 4.69) is 5.32 Å². The van der Waals surface area contributed by atoms with Crippen molar-refractivity contribution in [3.8, 4) is 0 Å². The molecule has 116 valence electrons. The van der Waals surface area contributed by atoms with Crippen LogP contribution >= 0.6 is 11.8 Å². The number of thioether (sulfide) groups is 1. The number of hydrogen-bond donors (Lipinski definition) is 2. The van der Waals surface area contributed by atoms with E-state index in [0.717, 1.165) is 31.4 Å². The molecule has 0 radical (unpaired) electrons. The van der Waals surface area contributed by atoms with Crippen LogP contribution in [0.3, 0.4) is 0 Å². The van der Waals surface area contributed by atoms with Gasteiger partial charge in [0.15, 0.2) is 0 Å². The Kier molecular flexibility index (Phi) is 4.70. The molecular formula is C14H16F3NO2S. The normalized spacial score (nSPS) is 22.3. The monoisotopic (exact) mass is 319 g/mol. The third-order valence-corrected chi connectivity index (χ3v) is 4.83. The zero-order valence-electron chi connectivity index (χ0n) is 11.4. The molecule has 1 saturated carbocycles. The fourth-order valence-corrected chi connectivity index (χ4v) is 3.58. The number of hydrogen-bond acceptors (Lipinski definition) is 3. The second kappa shape index (κ2) is 6.17. The molecule has 1 aromatic rings. The van der Waals surface area contributed by atoms with Gasteiger partial charge in [-0.2, -0.15) is 24.9 Å². The molecule has 2 N–H and O–H groups in total.